The fourth-order valence-electron chi connectivity index (χ4n) is 3.95. The predicted molar refractivity (Wildman–Crippen MR) is 128 cm³/mol. The number of nitrogens with zero attached hydrogens (tertiary/aromatic N) is 2. The first-order valence-corrected chi connectivity index (χ1v) is 11.6. The molecule has 0 spiro atoms. The number of fused-ring (bicyclic) bond motifs is 3. The van der Waals surface area contributed by atoms with Gasteiger partial charge in [-0.3, -0.25) is 4.79 Å². The summed E-state index contributed by atoms with van der Waals surface area (Å²) in [5, 5.41) is 6.44. The van der Waals surface area contributed by atoms with Crippen molar-refractivity contribution in [2.75, 3.05) is 32.9 Å². The summed E-state index contributed by atoms with van der Waals surface area (Å²) in [7, 11) is 0. The van der Waals surface area contributed by atoms with Crippen molar-refractivity contribution in [3.8, 4) is 5.75 Å². The van der Waals surface area contributed by atoms with Crippen LogP contribution in [0.1, 0.15) is 39.3 Å². The minimum atomic E-state index is -0.0687. The lowest BCUT2D eigenvalue weighted by atomic mass is 9.99. The van der Waals surface area contributed by atoms with Crippen molar-refractivity contribution < 1.29 is 14.3 Å². The van der Waals surface area contributed by atoms with Gasteiger partial charge in [0.2, 0.25) is 0 Å². The van der Waals surface area contributed by atoms with Crippen LogP contribution < -0.4 is 15.4 Å². The quantitative estimate of drug-likeness (QED) is 0.587. The summed E-state index contributed by atoms with van der Waals surface area (Å²) in [6.45, 7) is 6.69. The van der Waals surface area contributed by atoms with Gasteiger partial charge in [0.25, 0.3) is 5.91 Å². The third kappa shape index (κ3) is 6.66. The maximum Gasteiger partial charge on any atom is 0.251 e. The van der Waals surface area contributed by atoms with Crippen LogP contribution in [0.2, 0.25) is 0 Å². The first-order valence-electron chi connectivity index (χ1n) is 11.6. The van der Waals surface area contributed by atoms with Crippen LogP contribution in [0.3, 0.4) is 0 Å². The number of nitrogens with one attached hydrogen (secondary N) is 2. The molecule has 2 bridgehead atoms. The van der Waals surface area contributed by atoms with E-state index in [0.29, 0.717) is 38.3 Å². The number of benzene rings is 2. The molecular formula is C26H32N4O3. The minimum Gasteiger partial charge on any atom is -0.491 e. The Hall–Kier alpha value is -3.16. The highest BCUT2D eigenvalue weighted by molar-refractivity contribution is 5.94. The molecule has 7 heteroatoms. The number of imidazole rings is 1. The molecule has 1 aromatic heterocycles. The van der Waals surface area contributed by atoms with Gasteiger partial charge in [-0.1, -0.05) is 24.3 Å². The van der Waals surface area contributed by atoms with Gasteiger partial charge in [0, 0.05) is 50.6 Å². The molecule has 0 unspecified atom stereocenters. The minimum absolute atomic E-state index is 0.0687. The Balaban J connectivity index is 1.44. The second-order valence-electron chi connectivity index (χ2n) is 8.23. The Morgan fingerprint density at radius 1 is 1.15 bits per heavy atom. The number of rotatable bonds is 5. The van der Waals surface area contributed by atoms with Crippen molar-refractivity contribution in [1.29, 1.82) is 0 Å². The molecule has 1 amide bonds. The van der Waals surface area contributed by atoms with E-state index in [1.165, 1.54) is 11.1 Å². The van der Waals surface area contributed by atoms with E-state index in [4.69, 9.17) is 9.47 Å². The molecule has 174 valence electrons. The van der Waals surface area contributed by atoms with Crippen LogP contribution in [0.4, 0.5) is 0 Å². The van der Waals surface area contributed by atoms with Crippen LogP contribution in [0.15, 0.2) is 54.9 Å². The summed E-state index contributed by atoms with van der Waals surface area (Å²) >= 11 is 0. The molecule has 2 heterocycles. The highest BCUT2D eigenvalue weighted by Crippen LogP contribution is 2.24. The molecule has 33 heavy (non-hydrogen) atoms. The maximum absolute atomic E-state index is 12.8. The van der Waals surface area contributed by atoms with Gasteiger partial charge in [-0.2, -0.15) is 0 Å². The van der Waals surface area contributed by atoms with Crippen LogP contribution in [0.25, 0.3) is 0 Å². The Morgan fingerprint density at radius 2 is 2.06 bits per heavy atom. The zero-order valence-corrected chi connectivity index (χ0v) is 19.2. The van der Waals surface area contributed by atoms with E-state index >= 15 is 0 Å². The van der Waals surface area contributed by atoms with Crippen LogP contribution in [0.5, 0.6) is 5.75 Å². The largest absolute Gasteiger partial charge is 0.491 e. The molecule has 0 fully saturated rings. The molecule has 0 radical (unpaired) electrons. The molecule has 0 aliphatic carbocycles. The van der Waals surface area contributed by atoms with Crippen molar-refractivity contribution in [3.05, 3.63) is 82.9 Å². The first-order chi connectivity index (χ1) is 16.2. The first kappa shape index (κ1) is 23.0. The van der Waals surface area contributed by atoms with Gasteiger partial charge in [-0.05, 0) is 48.2 Å². The number of amides is 1. The van der Waals surface area contributed by atoms with Crippen molar-refractivity contribution in [1.82, 2.24) is 20.2 Å². The number of carbonyl (C=O) groups excluding carboxylic acids is 1. The highest BCUT2D eigenvalue weighted by atomic mass is 16.5. The highest BCUT2D eigenvalue weighted by Gasteiger charge is 2.12. The molecule has 2 aromatic carbocycles. The lowest BCUT2D eigenvalue weighted by Gasteiger charge is -2.15. The van der Waals surface area contributed by atoms with Gasteiger partial charge >= 0.3 is 0 Å². The normalized spacial score (nSPS) is 14.6. The summed E-state index contributed by atoms with van der Waals surface area (Å²) < 4.78 is 13.7. The SMILES string of the molecule is Cc1nccn1CCCNC(=O)c1ccc2c(c1)Cc1cccc(c1)CNCCOCCO2. The monoisotopic (exact) mass is 448 g/mol. The van der Waals surface area contributed by atoms with Gasteiger partial charge in [0.15, 0.2) is 0 Å². The van der Waals surface area contributed by atoms with Gasteiger partial charge < -0.3 is 24.7 Å². The number of aromatic nitrogens is 2. The molecule has 3 aromatic rings. The zero-order valence-electron chi connectivity index (χ0n) is 19.2. The Labute approximate surface area is 195 Å². The van der Waals surface area contributed by atoms with Crippen LogP contribution >= 0.6 is 0 Å². The lowest BCUT2D eigenvalue weighted by molar-refractivity contribution is 0.0951. The lowest BCUT2D eigenvalue weighted by Crippen LogP contribution is -2.25. The molecule has 0 saturated heterocycles. The van der Waals surface area contributed by atoms with Crippen LogP contribution in [-0.2, 0) is 24.2 Å². The molecule has 0 saturated carbocycles. The molecule has 1 aliphatic rings. The van der Waals surface area contributed by atoms with E-state index in [0.717, 1.165) is 43.2 Å². The van der Waals surface area contributed by atoms with Gasteiger partial charge in [-0.25, -0.2) is 4.98 Å². The number of hydrogen-bond acceptors (Lipinski definition) is 5. The molecule has 2 N–H and O–H groups in total. The van der Waals surface area contributed by atoms with Crippen molar-refractivity contribution >= 4 is 5.91 Å². The maximum atomic E-state index is 12.8. The fourth-order valence-corrected chi connectivity index (χ4v) is 3.95. The third-order valence-electron chi connectivity index (χ3n) is 5.73. The van der Waals surface area contributed by atoms with Gasteiger partial charge in [-0.15, -0.1) is 0 Å². The number of hydrogen-bond donors (Lipinski definition) is 2. The average molecular weight is 449 g/mol. The van der Waals surface area contributed by atoms with E-state index in [1.807, 2.05) is 31.3 Å². The number of ether oxygens (including phenoxy) is 2. The fraction of sp³-hybridized carbons (Fsp3) is 0.385. The average Bonchev–Trinajstić information content (AvgIpc) is 3.23. The van der Waals surface area contributed by atoms with E-state index in [-0.39, 0.29) is 5.91 Å². The van der Waals surface area contributed by atoms with Crippen molar-refractivity contribution in [3.63, 3.8) is 0 Å². The van der Waals surface area contributed by atoms with Crippen molar-refractivity contribution in [2.24, 2.45) is 0 Å². The molecule has 4 rings (SSSR count). The summed E-state index contributed by atoms with van der Waals surface area (Å²) in [5.41, 5.74) is 4.07. The summed E-state index contributed by atoms with van der Waals surface area (Å²) in [5.74, 6) is 1.71. The summed E-state index contributed by atoms with van der Waals surface area (Å²) in [6, 6.07) is 14.2. The topological polar surface area (TPSA) is 77.4 Å². The van der Waals surface area contributed by atoms with E-state index in [9.17, 15) is 4.79 Å². The van der Waals surface area contributed by atoms with Gasteiger partial charge in [0.1, 0.15) is 18.2 Å². The second kappa shape index (κ2) is 11.6. The molecule has 1 aliphatic heterocycles. The zero-order chi connectivity index (χ0) is 22.9. The van der Waals surface area contributed by atoms with E-state index in [1.54, 1.807) is 6.20 Å². The van der Waals surface area contributed by atoms with Gasteiger partial charge in [0.05, 0.1) is 13.2 Å². The van der Waals surface area contributed by atoms with Crippen LogP contribution in [0, 0.1) is 6.92 Å². The summed E-state index contributed by atoms with van der Waals surface area (Å²) in [6.07, 6.45) is 5.30. The predicted octanol–water partition coefficient (Wildman–Crippen LogP) is 3.10. The van der Waals surface area contributed by atoms with Crippen molar-refractivity contribution in [2.45, 2.75) is 32.9 Å². The second-order valence-corrected chi connectivity index (χ2v) is 8.23. The molecular weight excluding hydrogens is 416 g/mol. The molecule has 7 nitrogen and oxygen atoms in total. The third-order valence-corrected chi connectivity index (χ3v) is 5.73. The molecule has 0 atom stereocenters. The van der Waals surface area contributed by atoms with Crippen LogP contribution in [-0.4, -0.2) is 48.4 Å². The number of carbonyl (C=O) groups is 1. The standard InChI is InChI=1S/C26H32N4O3/c1-20-28-9-12-30(20)11-3-8-29-26(31)23-6-7-25-24(18-23)17-21-4-2-5-22(16-21)19-27-10-13-32-14-15-33-25/h2,4-7,9,12,16,18,27H,3,8,10-11,13-15,17,19H2,1H3,(H,29,31). The summed E-state index contributed by atoms with van der Waals surface area (Å²) in [4.78, 5) is 17.0. The Kier molecular flexibility index (Phi) is 8.11. The van der Waals surface area contributed by atoms with E-state index < -0.39 is 0 Å². The van der Waals surface area contributed by atoms with E-state index in [2.05, 4.69) is 44.5 Å². The Morgan fingerprint density at radius 3 is 2.94 bits per heavy atom. The Bertz CT molecular complexity index is 1060. The number of aryl methyl sites for hydroxylation is 2. The smallest absolute Gasteiger partial charge is 0.251 e.